The predicted octanol–water partition coefficient (Wildman–Crippen LogP) is 4.13. The summed E-state index contributed by atoms with van der Waals surface area (Å²) in [7, 11) is 1.77. The first-order valence-corrected chi connectivity index (χ1v) is 6.79. The largest absolute Gasteiger partial charge is 0.383 e. The Balaban J connectivity index is 2.26. The van der Waals surface area contributed by atoms with Crippen LogP contribution >= 0.6 is 11.6 Å². The minimum Gasteiger partial charge on any atom is -0.383 e. The van der Waals surface area contributed by atoms with Crippen molar-refractivity contribution in [3.8, 4) is 22.4 Å². The van der Waals surface area contributed by atoms with Gasteiger partial charge in [-0.1, -0.05) is 41.9 Å². The predicted molar refractivity (Wildman–Crippen MR) is 83.5 cm³/mol. The molecule has 0 aliphatic carbocycles. The van der Waals surface area contributed by atoms with Gasteiger partial charge in [0.05, 0.1) is 10.6 Å². The average Bonchev–Trinajstić information content (AvgIpc) is 2.76. The number of benzene rings is 2. The molecule has 106 valence electrons. The van der Waals surface area contributed by atoms with E-state index < -0.39 is 0 Å². The minimum absolute atomic E-state index is 0.291. The minimum atomic E-state index is -0.291. The van der Waals surface area contributed by atoms with Crippen molar-refractivity contribution in [1.29, 1.82) is 0 Å². The zero-order valence-corrected chi connectivity index (χ0v) is 12.1. The van der Waals surface area contributed by atoms with Gasteiger partial charge in [0.2, 0.25) is 0 Å². The Hall–Kier alpha value is -2.33. The molecule has 0 radical (unpaired) electrons. The summed E-state index contributed by atoms with van der Waals surface area (Å²) in [6.45, 7) is 0. The summed E-state index contributed by atoms with van der Waals surface area (Å²) in [4.78, 5) is 0. The van der Waals surface area contributed by atoms with Crippen molar-refractivity contribution < 1.29 is 4.39 Å². The fraction of sp³-hybridized carbons (Fsp3) is 0.0625. The zero-order valence-electron chi connectivity index (χ0n) is 11.3. The van der Waals surface area contributed by atoms with Gasteiger partial charge in [-0.2, -0.15) is 5.10 Å². The number of anilines is 1. The topological polar surface area (TPSA) is 43.8 Å². The van der Waals surface area contributed by atoms with E-state index in [2.05, 4.69) is 5.10 Å². The Kier molecular flexibility index (Phi) is 3.39. The number of nitrogens with zero attached hydrogens (tertiary/aromatic N) is 2. The van der Waals surface area contributed by atoms with Crippen LogP contribution in [0.5, 0.6) is 0 Å². The first-order chi connectivity index (χ1) is 10.1. The van der Waals surface area contributed by atoms with Gasteiger partial charge in [0.15, 0.2) is 0 Å². The molecule has 1 aromatic heterocycles. The Bertz CT molecular complexity index is 794. The van der Waals surface area contributed by atoms with E-state index in [1.165, 1.54) is 12.1 Å². The number of hydrogen-bond donors (Lipinski definition) is 1. The van der Waals surface area contributed by atoms with Crippen molar-refractivity contribution >= 4 is 17.4 Å². The monoisotopic (exact) mass is 301 g/mol. The van der Waals surface area contributed by atoms with Crippen molar-refractivity contribution in [2.45, 2.75) is 0 Å². The van der Waals surface area contributed by atoms with E-state index in [1.54, 1.807) is 29.9 Å². The Morgan fingerprint density at radius 3 is 2.43 bits per heavy atom. The fourth-order valence-electron chi connectivity index (χ4n) is 2.28. The van der Waals surface area contributed by atoms with Gasteiger partial charge in [-0.15, -0.1) is 0 Å². The van der Waals surface area contributed by atoms with Gasteiger partial charge >= 0.3 is 0 Å². The van der Waals surface area contributed by atoms with Gasteiger partial charge in [-0.3, -0.25) is 4.68 Å². The Morgan fingerprint density at radius 1 is 1.10 bits per heavy atom. The summed E-state index contributed by atoms with van der Waals surface area (Å²) in [6, 6.07) is 13.6. The number of nitrogen functional groups attached to an aromatic ring is 1. The van der Waals surface area contributed by atoms with Gasteiger partial charge < -0.3 is 5.73 Å². The maximum absolute atomic E-state index is 13.1. The summed E-state index contributed by atoms with van der Waals surface area (Å²) in [5.41, 5.74) is 9.17. The van der Waals surface area contributed by atoms with Crippen LogP contribution in [-0.4, -0.2) is 9.78 Å². The molecule has 0 fully saturated rings. The molecule has 0 atom stereocenters. The van der Waals surface area contributed by atoms with E-state index in [1.807, 2.05) is 18.2 Å². The van der Waals surface area contributed by atoms with Gasteiger partial charge in [0, 0.05) is 12.6 Å². The lowest BCUT2D eigenvalue weighted by Gasteiger charge is -2.06. The summed E-state index contributed by atoms with van der Waals surface area (Å²) in [5, 5.41) is 5.05. The molecule has 1 heterocycles. The molecule has 5 heteroatoms. The highest BCUT2D eigenvalue weighted by Gasteiger charge is 2.18. The highest BCUT2D eigenvalue weighted by Crippen LogP contribution is 2.38. The maximum Gasteiger partial charge on any atom is 0.129 e. The van der Waals surface area contributed by atoms with Crippen LogP contribution in [0.25, 0.3) is 22.4 Å². The Morgan fingerprint density at radius 2 is 1.76 bits per heavy atom. The smallest absolute Gasteiger partial charge is 0.129 e. The lowest BCUT2D eigenvalue weighted by atomic mass is 10.0. The highest BCUT2D eigenvalue weighted by atomic mass is 35.5. The summed E-state index contributed by atoms with van der Waals surface area (Å²) in [5.74, 6) is 0.219. The van der Waals surface area contributed by atoms with Crippen LogP contribution in [0.3, 0.4) is 0 Å². The number of hydrogen-bond acceptors (Lipinski definition) is 2. The first kappa shape index (κ1) is 13.6. The maximum atomic E-state index is 13.1. The normalized spacial score (nSPS) is 10.8. The number of aryl methyl sites for hydroxylation is 1. The second-order valence-corrected chi connectivity index (χ2v) is 5.13. The molecule has 3 aromatic rings. The van der Waals surface area contributed by atoms with Gasteiger partial charge in [-0.05, 0) is 23.8 Å². The van der Waals surface area contributed by atoms with E-state index >= 15 is 0 Å². The summed E-state index contributed by atoms with van der Waals surface area (Å²) >= 11 is 6.25. The third kappa shape index (κ3) is 2.38. The molecule has 0 aliphatic heterocycles. The van der Waals surface area contributed by atoms with E-state index in [-0.39, 0.29) is 5.82 Å². The number of nitrogens with two attached hydrogens (primary N) is 1. The number of halogens is 2. The lowest BCUT2D eigenvalue weighted by Crippen LogP contribution is -1.97. The molecule has 0 unspecified atom stereocenters. The van der Waals surface area contributed by atoms with Crippen molar-refractivity contribution in [1.82, 2.24) is 9.78 Å². The molecule has 0 amide bonds. The second-order valence-electron chi connectivity index (χ2n) is 4.72. The molecular formula is C16H13ClFN3. The first-order valence-electron chi connectivity index (χ1n) is 6.41. The molecule has 21 heavy (non-hydrogen) atoms. The van der Waals surface area contributed by atoms with Crippen molar-refractivity contribution in [3.63, 3.8) is 0 Å². The molecule has 0 spiro atoms. The van der Waals surface area contributed by atoms with Crippen LogP contribution < -0.4 is 5.73 Å². The molecule has 0 aliphatic rings. The van der Waals surface area contributed by atoms with Crippen LogP contribution in [0.4, 0.5) is 10.2 Å². The quantitative estimate of drug-likeness (QED) is 0.773. The van der Waals surface area contributed by atoms with E-state index in [4.69, 9.17) is 17.3 Å². The Labute approximate surface area is 126 Å². The van der Waals surface area contributed by atoms with Crippen LogP contribution in [0.2, 0.25) is 5.02 Å². The third-order valence-corrected chi connectivity index (χ3v) is 3.68. The molecule has 3 rings (SSSR count). The molecule has 3 nitrogen and oxygen atoms in total. The van der Waals surface area contributed by atoms with Crippen LogP contribution in [0.15, 0.2) is 48.5 Å². The van der Waals surface area contributed by atoms with Crippen LogP contribution in [-0.2, 0) is 7.05 Å². The van der Waals surface area contributed by atoms with Gasteiger partial charge in [-0.25, -0.2) is 4.39 Å². The van der Waals surface area contributed by atoms with Crippen molar-refractivity contribution in [2.75, 3.05) is 5.73 Å². The SMILES string of the molecule is Cn1nc(-c2ccccc2Cl)c(-c2ccc(F)cc2)c1N. The summed E-state index contributed by atoms with van der Waals surface area (Å²) in [6.07, 6.45) is 0. The van der Waals surface area contributed by atoms with Crippen molar-refractivity contribution in [2.24, 2.45) is 7.05 Å². The third-order valence-electron chi connectivity index (χ3n) is 3.35. The van der Waals surface area contributed by atoms with Gasteiger partial charge in [0.25, 0.3) is 0 Å². The van der Waals surface area contributed by atoms with Crippen LogP contribution in [0.1, 0.15) is 0 Å². The van der Waals surface area contributed by atoms with Crippen molar-refractivity contribution in [3.05, 3.63) is 59.4 Å². The van der Waals surface area contributed by atoms with E-state index in [0.717, 1.165) is 16.7 Å². The molecule has 2 N–H and O–H groups in total. The molecule has 2 aromatic carbocycles. The van der Waals surface area contributed by atoms with E-state index in [9.17, 15) is 4.39 Å². The second kappa shape index (κ2) is 5.22. The molecule has 0 saturated heterocycles. The molecular weight excluding hydrogens is 289 g/mol. The zero-order chi connectivity index (χ0) is 15.0. The molecule has 0 bridgehead atoms. The van der Waals surface area contributed by atoms with Crippen LogP contribution in [0, 0.1) is 5.82 Å². The fourth-order valence-corrected chi connectivity index (χ4v) is 2.51. The van der Waals surface area contributed by atoms with E-state index in [0.29, 0.717) is 16.5 Å². The average molecular weight is 302 g/mol. The highest BCUT2D eigenvalue weighted by molar-refractivity contribution is 6.33. The molecule has 0 saturated carbocycles. The summed E-state index contributed by atoms with van der Waals surface area (Å²) < 4.78 is 14.7. The van der Waals surface area contributed by atoms with Gasteiger partial charge in [0.1, 0.15) is 17.3 Å². The number of rotatable bonds is 2. The lowest BCUT2D eigenvalue weighted by molar-refractivity contribution is 0.628. The number of aromatic nitrogens is 2. The standard InChI is InChI=1S/C16H13ClFN3/c1-21-16(19)14(10-6-8-11(18)9-7-10)15(20-21)12-4-2-3-5-13(12)17/h2-9H,19H2,1H3.